The van der Waals surface area contributed by atoms with E-state index in [0.717, 1.165) is 0 Å². The summed E-state index contributed by atoms with van der Waals surface area (Å²) in [5, 5.41) is 6.02. The maximum absolute atomic E-state index is 12.7. The van der Waals surface area contributed by atoms with Crippen molar-refractivity contribution in [3.63, 3.8) is 0 Å². The summed E-state index contributed by atoms with van der Waals surface area (Å²) in [6.07, 6.45) is 1.72. The number of rotatable bonds is 5. The van der Waals surface area contributed by atoms with Crippen LogP contribution in [0.1, 0.15) is 12.5 Å². The summed E-state index contributed by atoms with van der Waals surface area (Å²) in [5.74, 6) is -0.447. The minimum Gasteiger partial charge on any atom is -0.482 e. The molecule has 0 aliphatic carbocycles. The van der Waals surface area contributed by atoms with Gasteiger partial charge in [-0.05, 0) is 42.8 Å². The lowest BCUT2D eigenvalue weighted by Gasteiger charge is -2.11. The zero-order chi connectivity index (χ0) is 18.7. The molecule has 132 valence electrons. The Balaban J connectivity index is 1.84. The van der Waals surface area contributed by atoms with Crippen molar-refractivity contribution in [2.24, 2.45) is 10.8 Å². The minimum absolute atomic E-state index is 0.209. The molecule has 26 heavy (non-hydrogen) atoms. The van der Waals surface area contributed by atoms with E-state index in [1.807, 2.05) is 30.3 Å². The van der Waals surface area contributed by atoms with Gasteiger partial charge in [0.05, 0.1) is 22.0 Å². The summed E-state index contributed by atoms with van der Waals surface area (Å²) in [6, 6.07) is 14.2. The molecule has 2 aromatic carbocycles. The molecular weight excluding hydrogens is 354 g/mol. The van der Waals surface area contributed by atoms with E-state index in [1.165, 1.54) is 5.01 Å². The van der Waals surface area contributed by atoms with E-state index >= 15 is 0 Å². The Hall–Kier alpha value is -3.12. The molecule has 1 heterocycles. The number of benzene rings is 2. The molecule has 0 unspecified atom stereocenters. The molecule has 2 N–H and O–H groups in total. The Bertz CT molecular complexity index is 923. The number of hydrogen-bond acceptors (Lipinski definition) is 4. The first-order valence-electron chi connectivity index (χ1n) is 7.83. The fourth-order valence-corrected chi connectivity index (χ4v) is 2.71. The number of anilines is 1. The monoisotopic (exact) mass is 369 g/mol. The Morgan fingerprint density at radius 3 is 2.65 bits per heavy atom. The van der Waals surface area contributed by atoms with Crippen molar-refractivity contribution in [2.45, 2.75) is 6.92 Å². The molecule has 0 radical (unpaired) electrons. The Morgan fingerprint density at radius 2 is 2.00 bits per heavy atom. The molecule has 0 saturated carbocycles. The maximum atomic E-state index is 12.7. The number of hydrazone groups is 1. The van der Waals surface area contributed by atoms with Crippen LogP contribution in [0.15, 0.2) is 59.2 Å². The summed E-state index contributed by atoms with van der Waals surface area (Å²) in [5.41, 5.74) is 7.57. The Morgan fingerprint density at radius 1 is 1.27 bits per heavy atom. The number of carbonyl (C=O) groups is 2. The van der Waals surface area contributed by atoms with Gasteiger partial charge in [0.1, 0.15) is 5.75 Å². The third kappa shape index (κ3) is 3.75. The molecule has 2 aromatic rings. The van der Waals surface area contributed by atoms with E-state index in [1.54, 1.807) is 31.2 Å². The van der Waals surface area contributed by atoms with Gasteiger partial charge >= 0.3 is 0 Å². The summed E-state index contributed by atoms with van der Waals surface area (Å²) in [7, 11) is 0. The van der Waals surface area contributed by atoms with Gasteiger partial charge in [-0.3, -0.25) is 9.59 Å². The van der Waals surface area contributed by atoms with Crippen molar-refractivity contribution in [1.29, 1.82) is 0 Å². The average molecular weight is 370 g/mol. The second kappa shape index (κ2) is 7.41. The number of nitrogens with zero attached hydrogens (tertiary/aromatic N) is 2. The molecule has 0 saturated heterocycles. The van der Waals surface area contributed by atoms with Crippen LogP contribution < -0.4 is 15.5 Å². The molecule has 0 aromatic heterocycles. The van der Waals surface area contributed by atoms with Crippen molar-refractivity contribution in [2.75, 3.05) is 11.6 Å². The first-order chi connectivity index (χ1) is 12.5. The molecule has 0 spiro atoms. The number of halogens is 1. The van der Waals surface area contributed by atoms with Crippen LogP contribution in [0, 0.1) is 0 Å². The van der Waals surface area contributed by atoms with Gasteiger partial charge in [-0.15, -0.1) is 0 Å². The minimum atomic E-state index is -0.586. The lowest BCUT2D eigenvalue weighted by Crippen LogP contribution is -2.21. The van der Waals surface area contributed by atoms with E-state index in [4.69, 9.17) is 22.1 Å². The summed E-state index contributed by atoms with van der Waals surface area (Å²) in [6.45, 7) is 1.52. The standard InChI is InChI=1S/C19H16ClN3O3/c1-12-15(19(25)23(22-12)14-5-3-2-4-6-14)9-13-7-8-17(16(20)10-13)26-11-18(21)24/h2-10H,11H2,1H3,(H2,21,24). The topological polar surface area (TPSA) is 85.0 Å². The van der Waals surface area contributed by atoms with Crippen LogP contribution in [0.2, 0.25) is 5.02 Å². The number of primary amides is 1. The van der Waals surface area contributed by atoms with Gasteiger partial charge in [0.15, 0.2) is 6.61 Å². The SMILES string of the molecule is CC1=NN(c2ccccc2)C(=O)C1=Cc1ccc(OCC(N)=O)c(Cl)c1. The quantitative estimate of drug-likeness (QED) is 0.822. The van der Waals surface area contributed by atoms with Crippen molar-refractivity contribution in [3.05, 3.63) is 64.7 Å². The molecule has 0 fully saturated rings. The number of para-hydroxylation sites is 1. The van der Waals surface area contributed by atoms with Gasteiger partial charge in [-0.25, -0.2) is 0 Å². The molecular formula is C19H16ClN3O3. The second-order valence-corrected chi connectivity index (χ2v) is 6.05. The molecule has 3 rings (SSSR count). The normalized spacial score (nSPS) is 15.3. The third-order valence-electron chi connectivity index (χ3n) is 3.70. The van der Waals surface area contributed by atoms with E-state index in [0.29, 0.717) is 33.3 Å². The van der Waals surface area contributed by atoms with Gasteiger partial charge in [0.25, 0.3) is 11.8 Å². The fraction of sp³-hybridized carbons (Fsp3) is 0.105. The highest BCUT2D eigenvalue weighted by molar-refractivity contribution is 6.33. The maximum Gasteiger partial charge on any atom is 0.280 e. The number of carbonyl (C=O) groups excluding carboxylic acids is 2. The highest BCUT2D eigenvalue weighted by Crippen LogP contribution is 2.28. The largest absolute Gasteiger partial charge is 0.482 e. The fourth-order valence-electron chi connectivity index (χ4n) is 2.47. The third-order valence-corrected chi connectivity index (χ3v) is 4.00. The van der Waals surface area contributed by atoms with Crippen LogP contribution in [0.5, 0.6) is 5.75 Å². The van der Waals surface area contributed by atoms with Gasteiger partial charge in [-0.2, -0.15) is 10.1 Å². The van der Waals surface area contributed by atoms with E-state index in [2.05, 4.69) is 5.10 Å². The van der Waals surface area contributed by atoms with Gasteiger partial charge < -0.3 is 10.5 Å². The molecule has 1 aliphatic rings. The van der Waals surface area contributed by atoms with Crippen molar-refractivity contribution >= 4 is 40.9 Å². The van der Waals surface area contributed by atoms with Crippen LogP contribution in [-0.4, -0.2) is 24.1 Å². The zero-order valence-corrected chi connectivity index (χ0v) is 14.7. The predicted octanol–water partition coefficient (Wildman–Crippen LogP) is 3.01. The van der Waals surface area contributed by atoms with Crippen LogP contribution in [0.25, 0.3) is 6.08 Å². The molecule has 1 aliphatic heterocycles. The van der Waals surface area contributed by atoms with Crippen LogP contribution in [0.4, 0.5) is 5.69 Å². The van der Waals surface area contributed by atoms with E-state index in [9.17, 15) is 9.59 Å². The summed E-state index contributed by atoms with van der Waals surface area (Å²) < 4.78 is 5.21. The van der Waals surface area contributed by atoms with Crippen LogP contribution in [-0.2, 0) is 9.59 Å². The summed E-state index contributed by atoms with van der Waals surface area (Å²) in [4.78, 5) is 23.5. The molecule has 0 atom stereocenters. The van der Waals surface area contributed by atoms with Crippen LogP contribution >= 0.6 is 11.6 Å². The Kier molecular flexibility index (Phi) is 5.04. The van der Waals surface area contributed by atoms with Gasteiger partial charge in [-0.1, -0.05) is 35.9 Å². The number of hydrogen-bond donors (Lipinski definition) is 1. The van der Waals surface area contributed by atoms with Gasteiger partial charge in [0.2, 0.25) is 0 Å². The number of nitrogens with two attached hydrogens (primary N) is 1. The predicted molar refractivity (Wildman–Crippen MR) is 101 cm³/mol. The van der Waals surface area contributed by atoms with Gasteiger partial charge in [0, 0.05) is 0 Å². The molecule has 0 bridgehead atoms. The second-order valence-electron chi connectivity index (χ2n) is 5.64. The molecule has 2 amide bonds. The Labute approximate surface area is 155 Å². The lowest BCUT2D eigenvalue weighted by molar-refractivity contribution is -0.120. The number of amides is 2. The lowest BCUT2D eigenvalue weighted by atomic mass is 10.1. The van der Waals surface area contributed by atoms with E-state index in [-0.39, 0.29) is 12.5 Å². The van der Waals surface area contributed by atoms with Crippen molar-refractivity contribution in [1.82, 2.24) is 0 Å². The highest BCUT2D eigenvalue weighted by atomic mass is 35.5. The van der Waals surface area contributed by atoms with Crippen LogP contribution in [0.3, 0.4) is 0 Å². The smallest absolute Gasteiger partial charge is 0.280 e. The molecule has 7 heteroatoms. The highest BCUT2D eigenvalue weighted by Gasteiger charge is 2.28. The zero-order valence-electron chi connectivity index (χ0n) is 14.0. The molecule has 6 nitrogen and oxygen atoms in total. The summed E-state index contributed by atoms with van der Waals surface area (Å²) >= 11 is 6.16. The van der Waals surface area contributed by atoms with Crippen molar-refractivity contribution in [3.8, 4) is 5.75 Å². The first kappa shape index (κ1) is 17.7. The first-order valence-corrected chi connectivity index (χ1v) is 8.21. The van der Waals surface area contributed by atoms with Crippen molar-refractivity contribution < 1.29 is 14.3 Å². The number of ether oxygens (including phenoxy) is 1. The average Bonchev–Trinajstić information content (AvgIpc) is 2.90. The van der Waals surface area contributed by atoms with E-state index < -0.39 is 5.91 Å².